The Morgan fingerprint density at radius 3 is 2.62 bits per heavy atom. The summed E-state index contributed by atoms with van der Waals surface area (Å²) in [6.45, 7) is 7.87. The van der Waals surface area contributed by atoms with E-state index in [-0.39, 0.29) is 18.2 Å². The second-order valence-corrected chi connectivity index (χ2v) is 12.8. The van der Waals surface area contributed by atoms with E-state index in [0.717, 1.165) is 31.4 Å². The summed E-state index contributed by atoms with van der Waals surface area (Å²) in [7, 11) is 0. The Balaban J connectivity index is 1.40. The molecule has 0 spiro atoms. The topological polar surface area (TPSA) is 83.5 Å². The van der Waals surface area contributed by atoms with Crippen LogP contribution in [0.25, 0.3) is 10.4 Å². The molecule has 1 amide bonds. The van der Waals surface area contributed by atoms with Gasteiger partial charge in [0.25, 0.3) is 0 Å². The highest BCUT2D eigenvalue weighted by molar-refractivity contribution is 8.00. The molecular weight excluding hydrogens is 466 g/mol. The summed E-state index contributed by atoms with van der Waals surface area (Å²) < 4.78 is 5.22. The number of aliphatic hydroxyl groups is 1. The molecule has 1 heterocycles. The van der Waals surface area contributed by atoms with Gasteiger partial charge in [-0.15, -0.1) is 23.1 Å². The number of nitrogens with one attached hydrogen (secondary N) is 2. The summed E-state index contributed by atoms with van der Waals surface area (Å²) in [5, 5.41) is 18.3. The van der Waals surface area contributed by atoms with E-state index >= 15 is 0 Å². The Bertz CT molecular complexity index is 974. The molecule has 6 nitrogen and oxygen atoms in total. The first-order valence-corrected chi connectivity index (χ1v) is 14.1. The minimum absolute atomic E-state index is 0.0978. The van der Waals surface area contributed by atoms with Crippen LogP contribution in [0.4, 0.5) is 10.5 Å². The Kier molecular flexibility index (Phi) is 8.10. The molecule has 0 atom stereocenters. The van der Waals surface area contributed by atoms with Gasteiger partial charge in [-0.3, -0.25) is 0 Å². The number of hydrogen-bond acceptors (Lipinski definition) is 7. The number of carbonyl (C=O) groups is 1. The summed E-state index contributed by atoms with van der Waals surface area (Å²) in [5.74, 6) is 0.449. The molecule has 2 aliphatic rings. The Morgan fingerprint density at radius 2 is 1.97 bits per heavy atom. The number of benzene rings is 1. The number of aromatic nitrogens is 1. The zero-order valence-corrected chi connectivity index (χ0v) is 22.2. The lowest BCUT2D eigenvalue weighted by Crippen LogP contribution is -2.38. The van der Waals surface area contributed by atoms with Gasteiger partial charge < -0.3 is 20.5 Å². The van der Waals surface area contributed by atoms with Crippen LogP contribution < -0.4 is 10.6 Å². The molecule has 0 saturated heterocycles. The predicted molar refractivity (Wildman–Crippen MR) is 141 cm³/mol. The van der Waals surface area contributed by atoms with Crippen molar-refractivity contribution in [1.29, 1.82) is 0 Å². The Morgan fingerprint density at radius 1 is 1.24 bits per heavy atom. The van der Waals surface area contributed by atoms with Crippen LogP contribution in [-0.4, -0.2) is 45.7 Å². The molecule has 2 aromatic rings. The molecule has 2 aliphatic carbocycles. The molecule has 1 aromatic carbocycles. The van der Waals surface area contributed by atoms with Gasteiger partial charge in [0.1, 0.15) is 0 Å². The second kappa shape index (κ2) is 10.9. The van der Waals surface area contributed by atoms with Crippen LogP contribution in [0.5, 0.6) is 0 Å². The number of alkyl carbamates (subject to hydrolysis) is 1. The molecule has 34 heavy (non-hydrogen) atoms. The van der Waals surface area contributed by atoms with Crippen molar-refractivity contribution in [3.63, 3.8) is 0 Å². The smallest absolute Gasteiger partial charge is 0.407 e. The normalized spacial score (nSPS) is 20.9. The molecule has 0 radical (unpaired) electrons. The first kappa shape index (κ1) is 25.3. The fourth-order valence-electron chi connectivity index (χ4n) is 4.12. The van der Waals surface area contributed by atoms with Gasteiger partial charge in [0.05, 0.1) is 21.6 Å². The van der Waals surface area contributed by atoms with Crippen LogP contribution in [0.15, 0.2) is 29.3 Å². The van der Waals surface area contributed by atoms with Crippen LogP contribution >= 0.6 is 23.1 Å². The van der Waals surface area contributed by atoms with Crippen molar-refractivity contribution in [3.05, 3.63) is 29.4 Å². The van der Waals surface area contributed by atoms with E-state index in [9.17, 15) is 9.90 Å². The van der Waals surface area contributed by atoms with Crippen molar-refractivity contribution in [2.45, 2.75) is 100 Å². The number of amides is 1. The molecule has 0 aliphatic heterocycles. The third-order valence-corrected chi connectivity index (χ3v) is 8.64. The van der Waals surface area contributed by atoms with Crippen LogP contribution in [0, 0.1) is 0 Å². The third-order valence-electron chi connectivity index (χ3n) is 6.05. The number of thiazole rings is 1. The minimum atomic E-state index is -0.752. The van der Waals surface area contributed by atoms with Crippen molar-refractivity contribution in [2.75, 3.05) is 11.9 Å². The summed E-state index contributed by atoms with van der Waals surface area (Å²) in [4.78, 5) is 19.2. The molecule has 1 aromatic heterocycles. The molecule has 3 N–H and O–H groups in total. The number of nitrogens with zero attached hydrogens (tertiary/aromatic N) is 1. The molecule has 186 valence electrons. The maximum Gasteiger partial charge on any atom is 0.407 e. The number of carbonyl (C=O) groups excluding carboxylic acids is 1. The maximum atomic E-state index is 11.9. The largest absolute Gasteiger partial charge is 0.447 e. The second-order valence-electron chi connectivity index (χ2n) is 10.4. The van der Waals surface area contributed by atoms with E-state index in [1.807, 2.05) is 45.7 Å². The van der Waals surface area contributed by atoms with Gasteiger partial charge in [0, 0.05) is 46.1 Å². The number of anilines is 1. The number of rotatable bonds is 9. The number of thioether (sulfide) groups is 1. The van der Waals surface area contributed by atoms with Crippen molar-refractivity contribution in [2.24, 2.45) is 0 Å². The molecule has 0 unspecified atom stereocenters. The van der Waals surface area contributed by atoms with E-state index in [0.29, 0.717) is 17.7 Å². The standard InChI is InChI=1S/C26H37N3O3S2/c1-16(2)32-25(30)29-18-7-5-17(6-8-18)24-27-14-23(34-24)21-12-9-19(28-15-26(3,4)31)13-22(21)33-20-10-11-20/h9,12-14,16-18,20,28,31H,5-8,10-11,15H2,1-4H3,(H,29,30). The minimum Gasteiger partial charge on any atom is -0.447 e. The van der Waals surface area contributed by atoms with Gasteiger partial charge in [-0.25, -0.2) is 9.78 Å². The van der Waals surface area contributed by atoms with E-state index < -0.39 is 5.60 Å². The highest BCUT2D eigenvalue weighted by atomic mass is 32.2. The van der Waals surface area contributed by atoms with Gasteiger partial charge in [-0.2, -0.15) is 0 Å². The van der Waals surface area contributed by atoms with Gasteiger partial charge in [-0.05, 0) is 78.4 Å². The lowest BCUT2D eigenvalue weighted by Gasteiger charge is -2.28. The quantitative estimate of drug-likeness (QED) is 0.367. The average Bonchev–Trinajstić information content (AvgIpc) is 3.44. The fraction of sp³-hybridized carbons (Fsp3) is 0.615. The van der Waals surface area contributed by atoms with E-state index in [1.165, 1.54) is 33.2 Å². The van der Waals surface area contributed by atoms with Gasteiger partial charge in [0.2, 0.25) is 0 Å². The van der Waals surface area contributed by atoms with Crippen molar-refractivity contribution >= 4 is 34.9 Å². The highest BCUT2D eigenvalue weighted by Gasteiger charge is 2.28. The molecule has 4 rings (SSSR count). The lowest BCUT2D eigenvalue weighted by atomic mass is 9.86. The summed E-state index contributed by atoms with van der Waals surface area (Å²) in [5.41, 5.74) is 1.54. The van der Waals surface area contributed by atoms with Crippen LogP contribution in [-0.2, 0) is 4.74 Å². The van der Waals surface area contributed by atoms with Gasteiger partial charge in [0.15, 0.2) is 0 Å². The zero-order chi connectivity index (χ0) is 24.3. The molecule has 0 bridgehead atoms. The summed E-state index contributed by atoms with van der Waals surface area (Å²) in [6, 6.07) is 6.70. The van der Waals surface area contributed by atoms with E-state index in [4.69, 9.17) is 9.72 Å². The summed E-state index contributed by atoms with van der Waals surface area (Å²) in [6.07, 6.45) is 8.15. The average molecular weight is 504 g/mol. The third kappa shape index (κ3) is 7.36. The number of hydrogen-bond donors (Lipinski definition) is 3. The lowest BCUT2D eigenvalue weighted by molar-refractivity contribution is 0.0945. The molecule has 2 fully saturated rings. The predicted octanol–water partition coefficient (Wildman–Crippen LogP) is 6.41. The van der Waals surface area contributed by atoms with Gasteiger partial charge in [-0.1, -0.05) is 6.07 Å². The van der Waals surface area contributed by atoms with E-state index in [2.05, 4.69) is 28.8 Å². The van der Waals surface area contributed by atoms with Crippen molar-refractivity contribution in [1.82, 2.24) is 10.3 Å². The first-order chi connectivity index (χ1) is 16.2. The monoisotopic (exact) mass is 503 g/mol. The first-order valence-electron chi connectivity index (χ1n) is 12.4. The fourth-order valence-corrected chi connectivity index (χ4v) is 6.54. The highest BCUT2D eigenvalue weighted by Crippen LogP contribution is 2.46. The van der Waals surface area contributed by atoms with Crippen molar-refractivity contribution in [3.8, 4) is 10.4 Å². The van der Waals surface area contributed by atoms with E-state index in [1.54, 1.807) is 11.3 Å². The molecule has 2 saturated carbocycles. The van der Waals surface area contributed by atoms with Gasteiger partial charge >= 0.3 is 6.09 Å². The zero-order valence-electron chi connectivity index (χ0n) is 20.6. The SMILES string of the molecule is CC(C)OC(=O)NC1CCC(c2ncc(-c3ccc(NCC(C)(C)O)cc3SC3CC3)s2)CC1. The maximum absolute atomic E-state index is 11.9. The Labute approximate surface area is 211 Å². The van der Waals surface area contributed by atoms with Crippen molar-refractivity contribution < 1.29 is 14.6 Å². The molecule has 8 heteroatoms. The molecular formula is C26H37N3O3S2. The Hall–Kier alpha value is -1.77. The van der Waals surface area contributed by atoms with Crippen LogP contribution in [0.3, 0.4) is 0 Å². The number of ether oxygens (including phenoxy) is 1. The van der Waals surface area contributed by atoms with Crippen LogP contribution in [0.2, 0.25) is 0 Å². The van der Waals surface area contributed by atoms with Crippen LogP contribution in [0.1, 0.15) is 77.1 Å². The summed E-state index contributed by atoms with van der Waals surface area (Å²) >= 11 is 3.76.